The molecule has 2 aromatic heterocycles. The first-order chi connectivity index (χ1) is 9.16. The first-order valence-electron chi connectivity index (χ1n) is 5.41. The Morgan fingerprint density at radius 2 is 1.89 bits per heavy atom. The van der Waals surface area contributed by atoms with Gasteiger partial charge in [-0.3, -0.25) is 0 Å². The topological polar surface area (TPSA) is 65.2 Å². The molecule has 0 bridgehead atoms. The van der Waals surface area contributed by atoms with Crippen molar-refractivity contribution in [1.29, 1.82) is 0 Å². The van der Waals surface area contributed by atoms with Gasteiger partial charge in [-0.25, -0.2) is 4.39 Å². The highest BCUT2D eigenvalue weighted by Crippen LogP contribution is 2.39. The molecule has 0 spiro atoms. The lowest BCUT2D eigenvalue weighted by molar-refractivity contribution is 0.434. The van der Waals surface area contributed by atoms with E-state index in [2.05, 4.69) is 21.1 Å². The van der Waals surface area contributed by atoms with E-state index in [9.17, 15) is 4.39 Å². The molecule has 3 aromatic rings. The highest BCUT2D eigenvalue weighted by Gasteiger charge is 2.20. The minimum Gasteiger partial charge on any atom is -0.457 e. The molecule has 96 valence electrons. The maximum Gasteiger partial charge on any atom is 0.181 e. The first-order valence-corrected chi connectivity index (χ1v) is 6.20. The van der Waals surface area contributed by atoms with E-state index >= 15 is 0 Å². The number of nitrogen functional groups attached to an aromatic ring is 1. The van der Waals surface area contributed by atoms with Crippen LogP contribution in [0.2, 0.25) is 0 Å². The smallest absolute Gasteiger partial charge is 0.181 e. The fraction of sp³-hybridized carbons (Fsp3) is 0. The highest BCUT2D eigenvalue weighted by atomic mass is 79.9. The molecule has 0 aliphatic carbocycles. The van der Waals surface area contributed by atoms with E-state index in [0.29, 0.717) is 21.6 Å². The Bertz CT molecular complexity index is 719. The lowest BCUT2D eigenvalue weighted by atomic mass is 10.0. The molecule has 0 amide bonds. The van der Waals surface area contributed by atoms with E-state index in [1.54, 1.807) is 18.2 Å². The van der Waals surface area contributed by atoms with Crippen LogP contribution in [0.5, 0.6) is 0 Å². The van der Waals surface area contributed by atoms with Crippen LogP contribution >= 0.6 is 15.9 Å². The van der Waals surface area contributed by atoms with Crippen molar-refractivity contribution in [3.63, 3.8) is 0 Å². The normalized spacial score (nSPS) is 10.8. The summed E-state index contributed by atoms with van der Waals surface area (Å²) in [6.45, 7) is 0. The summed E-state index contributed by atoms with van der Waals surface area (Å²) in [6.07, 6.45) is 1.52. The summed E-state index contributed by atoms with van der Waals surface area (Å²) in [4.78, 5) is 0. The number of furan rings is 1. The van der Waals surface area contributed by atoms with E-state index in [1.807, 2.05) is 0 Å². The first kappa shape index (κ1) is 12.0. The van der Waals surface area contributed by atoms with Crippen molar-refractivity contribution in [3.8, 4) is 22.5 Å². The van der Waals surface area contributed by atoms with Crippen LogP contribution in [-0.2, 0) is 0 Å². The van der Waals surface area contributed by atoms with E-state index in [1.165, 1.54) is 18.4 Å². The fourth-order valence-corrected chi connectivity index (χ4v) is 2.26. The van der Waals surface area contributed by atoms with Gasteiger partial charge < -0.3 is 14.7 Å². The van der Waals surface area contributed by atoms with Gasteiger partial charge in [-0.15, -0.1) is 0 Å². The van der Waals surface area contributed by atoms with E-state index in [4.69, 9.17) is 14.7 Å². The van der Waals surface area contributed by atoms with Crippen molar-refractivity contribution in [1.82, 2.24) is 5.16 Å². The predicted molar refractivity (Wildman–Crippen MR) is 71.7 cm³/mol. The van der Waals surface area contributed by atoms with Gasteiger partial charge in [0.2, 0.25) is 0 Å². The lowest BCUT2D eigenvalue weighted by Gasteiger charge is -2.01. The lowest BCUT2D eigenvalue weighted by Crippen LogP contribution is -1.89. The molecule has 0 saturated heterocycles. The molecule has 0 atom stereocenters. The average molecular weight is 323 g/mol. The summed E-state index contributed by atoms with van der Waals surface area (Å²) in [5.74, 6) is 0.407. The standard InChI is InChI=1S/C13H8BrFN2O2/c14-12-9(5-6-18-12)11-10(13(16)17-19-11)7-1-3-8(15)4-2-7/h1-6H,(H2,16,17). The number of benzene rings is 1. The maximum absolute atomic E-state index is 13.0. The zero-order valence-corrected chi connectivity index (χ0v) is 11.1. The van der Waals surface area contributed by atoms with Gasteiger partial charge in [-0.1, -0.05) is 17.3 Å². The molecule has 1 aromatic carbocycles. The van der Waals surface area contributed by atoms with Crippen LogP contribution in [-0.4, -0.2) is 5.16 Å². The van der Waals surface area contributed by atoms with E-state index < -0.39 is 0 Å². The second-order valence-electron chi connectivity index (χ2n) is 3.89. The number of hydrogen-bond donors (Lipinski definition) is 1. The van der Waals surface area contributed by atoms with Crippen LogP contribution in [0.1, 0.15) is 0 Å². The minimum absolute atomic E-state index is 0.245. The van der Waals surface area contributed by atoms with Gasteiger partial charge in [0, 0.05) is 0 Å². The van der Waals surface area contributed by atoms with Gasteiger partial charge in [0.05, 0.1) is 17.4 Å². The van der Waals surface area contributed by atoms with Crippen molar-refractivity contribution in [2.75, 3.05) is 5.73 Å². The second kappa shape index (κ2) is 4.55. The molecule has 0 aliphatic rings. The summed E-state index contributed by atoms with van der Waals surface area (Å²) in [5, 5.41) is 3.76. The number of hydrogen-bond acceptors (Lipinski definition) is 4. The fourth-order valence-electron chi connectivity index (χ4n) is 1.84. The SMILES string of the molecule is Nc1noc(-c2ccoc2Br)c1-c1ccc(F)cc1. The van der Waals surface area contributed by atoms with Gasteiger partial charge in [0.15, 0.2) is 16.2 Å². The van der Waals surface area contributed by atoms with E-state index in [-0.39, 0.29) is 11.6 Å². The number of anilines is 1. The molecule has 0 radical (unpaired) electrons. The largest absolute Gasteiger partial charge is 0.457 e. The molecule has 6 heteroatoms. The maximum atomic E-state index is 13.0. The number of rotatable bonds is 2. The molecule has 2 N–H and O–H groups in total. The highest BCUT2D eigenvalue weighted by molar-refractivity contribution is 9.10. The average Bonchev–Trinajstić information content (AvgIpc) is 2.97. The van der Waals surface area contributed by atoms with Gasteiger partial charge in [-0.05, 0) is 39.7 Å². The molecule has 3 rings (SSSR count). The van der Waals surface area contributed by atoms with Crippen LogP contribution in [0.25, 0.3) is 22.5 Å². The quantitative estimate of drug-likeness (QED) is 0.771. The zero-order chi connectivity index (χ0) is 13.4. The summed E-state index contributed by atoms with van der Waals surface area (Å²) in [5.41, 5.74) is 7.86. The zero-order valence-electron chi connectivity index (χ0n) is 9.56. The second-order valence-corrected chi connectivity index (χ2v) is 4.61. The molecule has 2 heterocycles. The Morgan fingerprint density at radius 1 is 1.16 bits per heavy atom. The number of aromatic nitrogens is 1. The van der Waals surface area contributed by atoms with Crippen molar-refractivity contribution >= 4 is 21.7 Å². The molecule has 0 unspecified atom stereocenters. The van der Waals surface area contributed by atoms with Gasteiger partial charge in [0.25, 0.3) is 0 Å². The molecule has 0 aliphatic heterocycles. The molecule has 4 nitrogen and oxygen atoms in total. The van der Waals surface area contributed by atoms with Gasteiger partial charge in [-0.2, -0.15) is 0 Å². The van der Waals surface area contributed by atoms with Gasteiger partial charge >= 0.3 is 0 Å². The minimum atomic E-state index is -0.315. The Hall–Kier alpha value is -2.08. The molecule has 0 fully saturated rings. The Balaban J connectivity index is 2.19. The van der Waals surface area contributed by atoms with Crippen molar-refractivity contribution in [2.45, 2.75) is 0 Å². The third kappa shape index (κ3) is 2.04. The van der Waals surface area contributed by atoms with Crippen molar-refractivity contribution < 1.29 is 13.3 Å². The predicted octanol–water partition coefficient (Wildman–Crippen LogP) is 4.09. The summed E-state index contributed by atoms with van der Waals surface area (Å²) < 4.78 is 23.9. The van der Waals surface area contributed by atoms with Crippen LogP contribution in [0.4, 0.5) is 10.2 Å². The Morgan fingerprint density at radius 3 is 2.53 bits per heavy atom. The molecule has 19 heavy (non-hydrogen) atoms. The number of halogens is 2. The molecule has 0 saturated carbocycles. The summed E-state index contributed by atoms with van der Waals surface area (Å²) in [7, 11) is 0. The van der Waals surface area contributed by atoms with Crippen LogP contribution in [0.15, 0.2) is 50.2 Å². The third-order valence-electron chi connectivity index (χ3n) is 2.71. The summed E-state index contributed by atoms with van der Waals surface area (Å²) >= 11 is 3.28. The Labute approximate surface area is 116 Å². The van der Waals surface area contributed by atoms with Crippen LogP contribution in [0.3, 0.4) is 0 Å². The van der Waals surface area contributed by atoms with Crippen LogP contribution in [0, 0.1) is 5.82 Å². The molecular formula is C13H8BrFN2O2. The monoisotopic (exact) mass is 322 g/mol. The summed E-state index contributed by atoms with van der Waals surface area (Å²) in [6, 6.07) is 7.69. The molecular weight excluding hydrogens is 315 g/mol. The van der Waals surface area contributed by atoms with Gasteiger partial charge in [0.1, 0.15) is 5.82 Å². The number of nitrogens with zero attached hydrogens (tertiary/aromatic N) is 1. The number of nitrogens with two attached hydrogens (primary N) is 1. The Kier molecular flexibility index (Phi) is 2.87. The van der Waals surface area contributed by atoms with Crippen LogP contribution < -0.4 is 5.73 Å². The van der Waals surface area contributed by atoms with Crippen molar-refractivity contribution in [3.05, 3.63) is 47.1 Å². The third-order valence-corrected chi connectivity index (χ3v) is 3.33. The van der Waals surface area contributed by atoms with E-state index in [0.717, 1.165) is 5.56 Å². The van der Waals surface area contributed by atoms with Crippen molar-refractivity contribution in [2.24, 2.45) is 0 Å².